The summed E-state index contributed by atoms with van der Waals surface area (Å²) in [7, 11) is 0. The summed E-state index contributed by atoms with van der Waals surface area (Å²) in [6.07, 6.45) is 3.28. The number of amides is 3. The molecule has 138 valence electrons. The number of unbranched alkanes of at least 4 members (excludes halogenated alkanes) is 1. The number of nitrogens with one attached hydrogen (secondary N) is 1. The minimum Gasteiger partial charge on any atom is -0.294 e. The lowest BCUT2D eigenvalue weighted by molar-refractivity contribution is 0.0966. The van der Waals surface area contributed by atoms with Crippen LogP contribution in [0.15, 0.2) is 42.5 Å². The second kappa shape index (κ2) is 9.60. The Morgan fingerprint density at radius 2 is 1.62 bits per heavy atom. The fourth-order valence-corrected chi connectivity index (χ4v) is 3.18. The maximum Gasteiger partial charge on any atom is 0.328 e. The number of hydrogen-bond acceptors (Lipinski definition) is 2. The Hall–Kier alpha value is -2.04. The van der Waals surface area contributed by atoms with E-state index < -0.39 is 11.9 Å². The first-order valence-electron chi connectivity index (χ1n) is 8.63. The number of carbonyl (C=O) groups excluding carboxylic acids is 2. The molecular formula is C20H22Cl2N2O2. The van der Waals surface area contributed by atoms with Crippen LogP contribution in [0.5, 0.6) is 0 Å². The van der Waals surface area contributed by atoms with E-state index in [-0.39, 0.29) is 15.6 Å². The summed E-state index contributed by atoms with van der Waals surface area (Å²) in [4.78, 5) is 26.4. The number of carbonyl (C=O) groups is 2. The summed E-state index contributed by atoms with van der Waals surface area (Å²) < 4.78 is 0. The molecule has 4 nitrogen and oxygen atoms in total. The zero-order valence-electron chi connectivity index (χ0n) is 14.9. The summed E-state index contributed by atoms with van der Waals surface area (Å²) in [6.45, 7) is 4.42. The number of halogens is 2. The van der Waals surface area contributed by atoms with Crippen LogP contribution in [-0.4, -0.2) is 18.5 Å². The maximum absolute atomic E-state index is 12.5. The predicted molar refractivity (Wildman–Crippen MR) is 107 cm³/mol. The van der Waals surface area contributed by atoms with Crippen molar-refractivity contribution in [2.75, 3.05) is 11.4 Å². The van der Waals surface area contributed by atoms with Crippen LogP contribution in [0.25, 0.3) is 0 Å². The molecule has 0 heterocycles. The SMILES string of the molecule is CCCCc1ccc(N(CC)C(=O)NC(=O)c2c(Cl)cccc2Cl)cc1. The third kappa shape index (κ3) is 4.99. The highest BCUT2D eigenvalue weighted by Crippen LogP contribution is 2.24. The van der Waals surface area contributed by atoms with Gasteiger partial charge in [-0.1, -0.05) is 54.7 Å². The Balaban J connectivity index is 2.12. The minimum absolute atomic E-state index is 0.0927. The van der Waals surface area contributed by atoms with E-state index in [1.54, 1.807) is 18.2 Å². The molecule has 0 aliphatic heterocycles. The second-order valence-corrected chi connectivity index (χ2v) is 6.68. The van der Waals surface area contributed by atoms with E-state index >= 15 is 0 Å². The molecule has 0 spiro atoms. The van der Waals surface area contributed by atoms with Crippen LogP contribution in [0.1, 0.15) is 42.6 Å². The maximum atomic E-state index is 12.5. The van der Waals surface area contributed by atoms with Gasteiger partial charge in [0.25, 0.3) is 5.91 Å². The number of urea groups is 1. The average molecular weight is 393 g/mol. The van der Waals surface area contributed by atoms with Crippen molar-refractivity contribution < 1.29 is 9.59 Å². The van der Waals surface area contributed by atoms with Gasteiger partial charge >= 0.3 is 6.03 Å². The smallest absolute Gasteiger partial charge is 0.294 e. The van der Waals surface area contributed by atoms with Gasteiger partial charge in [-0.25, -0.2) is 4.79 Å². The first-order valence-corrected chi connectivity index (χ1v) is 9.39. The summed E-state index contributed by atoms with van der Waals surface area (Å²) >= 11 is 12.1. The van der Waals surface area contributed by atoms with Crippen LogP contribution in [0.2, 0.25) is 10.0 Å². The molecule has 0 unspecified atom stereocenters. The van der Waals surface area contributed by atoms with Gasteiger partial charge in [0.15, 0.2) is 0 Å². The molecule has 0 aliphatic rings. The lowest BCUT2D eigenvalue weighted by atomic mass is 10.1. The van der Waals surface area contributed by atoms with Crippen molar-refractivity contribution in [1.29, 1.82) is 0 Å². The van der Waals surface area contributed by atoms with Crippen LogP contribution in [0.4, 0.5) is 10.5 Å². The number of anilines is 1. The molecular weight excluding hydrogens is 371 g/mol. The Kier molecular flexibility index (Phi) is 7.49. The highest BCUT2D eigenvalue weighted by molar-refractivity contribution is 6.40. The van der Waals surface area contributed by atoms with Crippen LogP contribution in [-0.2, 0) is 6.42 Å². The molecule has 0 fully saturated rings. The topological polar surface area (TPSA) is 49.4 Å². The first kappa shape index (κ1) is 20.3. The lowest BCUT2D eigenvalue weighted by Gasteiger charge is -2.21. The number of imide groups is 1. The fourth-order valence-electron chi connectivity index (χ4n) is 2.61. The predicted octanol–water partition coefficient (Wildman–Crippen LogP) is 5.71. The van der Waals surface area contributed by atoms with Crippen LogP contribution in [0.3, 0.4) is 0 Å². The van der Waals surface area contributed by atoms with E-state index in [0.29, 0.717) is 6.54 Å². The van der Waals surface area contributed by atoms with Crippen molar-refractivity contribution in [1.82, 2.24) is 5.32 Å². The summed E-state index contributed by atoms with van der Waals surface area (Å²) in [5, 5.41) is 2.76. The quantitative estimate of drug-likeness (QED) is 0.683. The van der Waals surface area contributed by atoms with Gasteiger partial charge in [0.1, 0.15) is 0 Å². The largest absolute Gasteiger partial charge is 0.328 e. The highest BCUT2D eigenvalue weighted by atomic mass is 35.5. The Labute approximate surface area is 164 Å². The molecule has 0 saturated heterocycles. The molecule has 0 aliphatic carbocycles. The van der Waals surface area contributed by atoms with E-state index in [9.17, 15) is 9.59 Å². The van der Waals surface area contributed by atoms with Gasteiger partial charge in [-0.2, -0.15) is 0 Å². The van der Waals surface area contributed by atoms with Crippen molar-refractivity contribution >= 4 is 40.8 Å². The third-order valence-corrected chi connectivity index (χ3v) is 4.67. The number of nitrogens with zero attached hydrogens (tertiary/aromatic N) is 1. The van der Waals surface area contributed by atoms with E-state index in [1.807, 2.05) is 31.2 Å². The van der Waals surface area contributed by atoms with Crippen molar-refractivity contribution in [2.24, 2.45) is 0 Å². The molecule has 2 rings (SSSR count). The Morgan fingerprint density at radius 1 is 1.00 bits per heavy atom. The third-order valence-electron chi connectivity index (χ3n) is 4.04. The van der Waals surface area contributed by atoms with E-state index in [1.165, 1.54) is 10.5 Å². The number of aryl methyl sites for hydroxylation is 1. The average Bonchev–Trinajstić information content (AvgIpc) is 2.61. The van der Waals surface area contributed by atoms with Gasteiger partial charge in [0, 0.05) is 12.2 Å². The lowest BCUT2D eigenvalue weighted by Crippen LogP contribution is -2.43. The van der Waals surface area contributed by atoms with Crippen LogP contribution in [0, 0.1) is 0 Å². The van der Waals surface area contributed by atoms with E-state index in [2.05, 4.69) is 12.2 Å². The second-order valence-electron chi connectivity index (χ2n) is 5.87. The number of rotatable bonds is 6. The van der Waals surface area contributed by atoms with E-state index in [4.69, 9.17) is 23.2 Å². The molecule has 0 bridgehead atoms. The van der Waals surface area contributed by atoms with Crippen molar-refractivity contribution in [3.63, 3.8) is 0 Å². The molecule has 6 heteroatoms. The molecule has 1 N–H and O–H groups in total. The summed E-state index contributed by atoms with van der Waals surface area (Å²) in [5.74, 6) is -0.622. The van der Waals surface area contributed by atoms with Crippen LogP contribution >= 0.6 is 23.2 Å². The van der Waals surface area contributed by atoms with Gasteiger partial charge in [0.2, 0.25) is 0 Å². The fraction of sp³-hybridized carbons (Fsp3) is 0.300. The molecule has 0 saturated carbocycles. The van der Waals surface area contributed by atoms with Crippen molar-refractivity contribution in [3.05, 3.63) is 63.6 Å². The zero-order chi connectivity index (χ0) is 19.1. The zero-order valence-corrected chi connectivity index (χ0v) is 16.4. The van der Waals surface area contributed by atoms with Gasteiger partial charge < -0.3 is 0 Å². The monoisotopic (exact) mass is 392 g/mol. The molecule has 3 amide bonds. The van der Waals surface area contributed by atoms with Gasteiger partial charge in [0.05, 0.1) is 15.6 Å². The van der Waals surface area contributed by atoms with E-state index in [0.717, 1.165) is 24.9 Å². The van der Waals surface area contributed by atoms with Gasteiger partial charge in [-0.05, 0) is 49.6 Å². The standard InChI is InChI=1S/C20H22Cl2N2O2/c1-3-5-7-14-10-12-15(13-11-14)24(4-2)20(26)23-19(25)18-16(21)8-6-9-17(18)22/h6,8-13H,3-5,7H2,1-2H3,(H,23,25,26). The van der Waals surface area contributed by atoms with Crippen molar-refractivity contribution in [2.45, 2.75) is 33.1 Å². The first-order chi connectivity index (χ1) is 12.5. The number of benzene rings is 2. The molecule has 2 aromatic rings. The Bertz CT molecular complexity index is 756. The minimum atomic E-state index is -0.622. The van der Waals surface area contributed by atoms with Gasteiger partial charge in [-0.15, -0.1) is 0 Å². The van der Waals surface area contributed by atoms with Crippen LogP contribution < -0.4 is 10.2 Å². The molecule has 0 atom stereocenters. The molecule has 2 aromatic carbocycles. The van der Waals surface area contributed by atoms with Crippen molar-refractivity contribution in [3.8, 4) is 0 Å². The summed E-state index contributed by atoms with van der Waals surface area (Å²) in [6, 6.07) is 12.0. The Morgan fingerprint density at radius 3 is 2.15 bits per heavy atom. The molecule has 0 aromatic heterocycles. The normalized spacial score (nSPS) is 10.5. The number of hydrogen-bond donors (Lipinski definition) is 1. The van der Waals surface area contributed by atoms with Gasteiger partial charge in [-0.3, -0.25) is 15.0 Å². The highest BCUT2D eigenvalue weighted by Gasteiger charge is 2.21. The molecule has 0 radical (unpaired) electrons. The molecule has 26 heavy (non-hydrogen) atoms. The summed E-state index contributed by atoms with van der Waals surface area (Å²) in [5.41, 5.74) is 2.05.